The standard InChI is InChI=1S/C27H33N3O/c1-21(2)30(19-13-5-4-8-14-22(3)31)25-20-28-26(23-15-9-6-10-16-23)27(29-25)24-17-11-7-12-18-24/h6-7,9-12,15-18,20-21,31H,3-5,8,13-14,19H2,1-2H3. The van der Waals surface area contributed by atoms with E-state index in [0.29, 0.717) is 12.5 Å². The molecule has 0 atom stereocenters. The lowest BCUT2D eigenvalue weighted by molar-refractivity contribution is 0.383. The van der Waals surface area contributed by atoms with Gasteiger partial charge in [0.1, 0.15) is 5.82 Å². The molecule has 0 amide bonds. The normalized spacial score (nSPS) is 10.9. The first-order chi connectivity index (χ1) is 15.1. The maximum Gasteiger partial charge on any atom is 0.148 e. The Labute approximate surface area is 186 Å². The van der Waals surface area contributed by atoms with Gasteiger partial charge in [0.2, 0.25) is 0 Å². The Bertz CT molecular complexity index is 955. The van der Waals surface area contributed by atoms with E-state index >= 15 is 0 Å². The number of aliphatic hydroxyl groups is 1. The van der Waals surface area contributed by atoms with Gasteiger partial charge in [-0.3, -0.25) is 4.98 Å². The highest BCUT2D eigenvalue weighted by atomic mass is 16.3. The quantitative estimate of drug-likeness (QED) is 0.269. The Morgan fingerprint density at radius 2 is 1.45 bits per heavy atom. The lowest BCUT2D eigenvalue weighted by Gasteiger charge is -2.28. The molecule has 4 heteroatoms. The molecule has 2 aromatic carbocycles. The first-order valence-electron chi connectivity index (χ1n) is 11.2. The van der Waals surface area contributed by atoms with Crippen molar-refractivity contribution in [2.45, 2.75) is 52.0 Å². The number of hydrogen-bond donors (Lipinski definition) is 1. The second-order valence-electron chi connectivity index (χ2n) is 8.18. The van der Waals surface area contributed by atoms with Crippen molar-refractivity contribution in [2.24, 2.45) is 0 Å². The summed E-state index contributed by atoms with van der Waals surface area (Å²) in [6.45, 7) is 8.89. The van der Waals surface area contributed by atoms with Crippen molar-refractivity contribution in [2.75, 3.05) is 11.4 Å². The molecule has 0 fully saturated rings. The summed E-state index contributed by atoms with van der Waals surface area (Å²) in [7, 11) is 0. The third-order valence-corrected chi connectivity index (χ3v) is 5.39. The van der Waals surface area contributed by atoms with Gasteiger partial charge in [0, 0.05) is 30.1 Å². The fraction of sp³-hybridized carbons (Fsp3) is 0.333. The summed E-state index contributed by atoms with van der Waals surface area (Å²) in [5.74, 6) is 1.20. The molecule has 0 unspecified atom stereocenters. The van der Waals surface area contributed by atoms with Crippen LogP contribution < -0.4 is 4.90 Å². The minimum atomic E-state index is 0.283. The van der Waals surface area contributed by atoms with Crippen molar-refractivity contribution in [1.82, 2.24) is 9.97 Å². The summed E-state index contributed by atoms with van der Waals surface area (Å²) in [5.41, 5.74) is 3.96. The molecule has 0 saturated heterocycles. The van der Waals surface area contributed by atoms with Crippen molar-refractivity contribution < 1.29 is 5.11 Å². The minimum Gasteiger partial charge on any atom is -0.513 e. The van der Waals surface area contributed by atoms with Crippen molar-refractivity contribution in [3.05, 3.63) is 79.2 Å². The fourth-order valence-electron chi connectivity index (χ4n) is 3.72. The van der Waals surface area contributed by atoms with E-state index in [9.17, 15) is 5.11 Å². The van der Waals surface area contributed by atoms with Gasteiger partial charge in [-0.15, -0.1) is 0 Å². The molecular formula is C27H33N3O. The summed E-state index contributed by atoms with van der Waals surface area (Å²) in [5, 5.41) is 9.23. The monoisotopic (exact) mass is 415 g/mol. The Kier molecular flexibility index (Phi) is 8.22. The van der Waals surface area contributed by atoms with Gasteiger partial charge in [-0.1, -0.05) is 80.1 Å². The van der Waals surface area contributed by atoms with Gasteiger partial charge < -0.3 is 10.0 Å². The molecule has 0 spiro atoms. The Morgan fingerprint density at radius 1 is 0.871 bits per heavy atom. The van der Waals surface area contributed by atoms with Gasteiger partial charge in [0.25, 0.3) is 0 Å². The van der Waals surface area contributed by atoms with Gasteiger partial charge in [-0.25, -0.2) is 4.98 Å². The summed E-state index contributed by atoms with van der Waals surface area (Å²) < 4.78 is 0. The van der Waals surface area contributed by atoms with Crippen LogP contribution in [0.3, 0.4) is 0 Å². The molecule has 0 aliphatic carbocycles. The molecule has 3 aromatic rings. The summed E-state index contributed by atoms with van der Waals surface area (Å²) >= 11 is 0. The number of aliphatic hydroxyl groups excluding tert-OH is 1. The van der Waals surface area contributed by atoms with E-state index in [1.165, 1.54) is 0 Å². The highest BCUT2D eigenvalue weighted by molar-refractivity contribution is 5.78. The number of anilines is 1. The van der Waals surface area contributed by atoms with Gasteiger partial charge in [0.05, 0.1) is 23.3 Å². The maximum atomic E-state index is 9.23. The third-order valence-electron chi connectivity index (χ3n) is 5.39. The van der Waals surface area contributed by atoms with Gasteiger partial charge >= 0.3 is 0 Å². The fourth-order valence-corrected chi connectivity index (χ4v) is 3.72. The molecule has 1 N–H and O–H groups in total. The molecule has 1 aromatic heterocycles. The van der Waals surface area contributed by atoms with Crippen LogP contribution in [0.5, 0.6) is 0 Å². The van der Waals surface area contributed by atoms with E-state index in [4.69, 9.17) is 9.97 Å². The average molecular weight is 416 g/mol. The predicted molar refractivity (Wildman–Crippen MR) is 130 cm³/mol. The van der Waals surface area contributed by atoms with Crippen LogP contribution in [0.1, 0.15) is 46.0 Å². The van der Waals surface area contributed by atoms with Crippen LogP contribution in [0.4, 0.5) is 5.82 Å². The lowest BCUT2D eigenvalue weighted by Crippen LogP contribution is -2.32. The van der Waals surface area contributed by atoms with Crippen LogP contribution in [0.15, 0.2) is 79.2 Å². The third kappa shape index (κ3) is 6.42. The predicted octanol–water partition coefficient (Wildman–Crippen LogP) is 7.05. The summed E-state index contributed by atoms with van der Waals surface area (Å²) in [6.07, 6.45) is 6.89. The van der Waals surface area contributed by atoms with E-state index in [0.717, 1.165) is 60.6 Å². The average Bonchev–Trinajstić information content (AvgIpc) is 2.79. The molecule has 31 heavy (non-hydrogen) atoms. The van der Waals surface area contributed by atoms with Crippen LogP contribution in [-0.2, 0) is 0 Å². The Balaban J connectivity index is 1.83. The zero-order valence-corrected chi connectivity index (χ0v) is 18.7. The van der Waals surface area contributed by atoms with Crippen molar-refractivity contribution in [3.63, 3.8) is 0 Å². The molecule has 162 valence electrons. The van der Waals surface area contributed by atoms with E-state index in [-0.39, 0.29) is 5.76 Å². The van der Waals surface area contributed by atoms with Crippen LogP contribution in [0, 0.1) is 0 Å². The number of nitrogens with zero attached hydrogens (tertiary/aromatic N) is 3. The Hall–Kier alpha value is -3.14. The van der Waals surface area contributed by atoms with Crippen molar-refractivity contribution in [3.8, 4) is 22.5 Å². The molecule has 1 heterocycles. The van der Waals surface area contributed by atoms with E-state index in [1.807, 2.05) is 42.6 Å². The molecule has 0 aliphatic rings. The Morgan fingerprint density at radius 3 is 2.03 bits per heavy atom. The van der Waals surface area contributed by atoms with Crippen molar-refractivity contribution >= 4 is 5.82 Å². The summed E-state index contributed by atoms with van der Waals surface area (Å²) in [4.78, 5) is 12.3. The largest absolute Gasteiger partial charge is 0.513 e. The number of rotatable bonds is 11. The minimum absolute atomic E-state index is 0.283. The number of aromatic nitrogens is 2. The summed E-state index contributed by atoms with van der Waals surface area (Å²) in [6, 6.07) is 20.9. The van der Waals surface area contributed by atoms with Crippen LogP contribution in [0.25, 0.3) is 22.5 Å². The van der Waals surface area contributed by atoms with Gasteiger partial charge in [0.15, 0.2) is 0 Å². The van der Waals surface area contributed by atoms with Crippen LogP contribution >= 0.6 is 0 Å². The maximum absolute atomic E-state index is 9.23. The topological polar surface area (TPSA) is 49.2 Å². The molecule has 0 aliphatic heterocycles. The number of benzene rings is 2. The number of hydrogen-bond acceptors (Lipinski definition) is 4. The van der Waals surface area contributed by atoms with Gasteiger partial charge in [-0.05, 0) is 26.7 Å². The lowest BCUT2D eigenvalue weighted by atomic mass is 10.0. The highest BCUT2D eigenvalue weighted by Crippen LogP contribution is 2.31. The molecular weight excluding hydrogens is 382 g/mol. The molecule has 0 saturated carbocycles. The highest BCUT2D eigenvalue weighted by Gasteiger charge is 2.17. The van der Waals surface area contributed by atoms with Crippen LogP contribution in [0.2, 0.25) is 0 Å². The van der Waals surface area contributed by atoms with Crippen molar-refractivity contribution in [1.29, 1.82) is 0 Å². The smallest absolute Gasteiger partial charge is 0.148 e. The van der Waals surface area contributed by atoms with Gasteiger partial charge in [-0.2, -0.15) is 0 Å². The van der Waals surface area contributed by atoms with Crippen LogP contribution in [-0.4, -0.2) is 27.7 Å². The van der Waals surface area contributed by atoms with E-state index < -0.39 is 0 Å². The zero-order valence-electron chi connectivity index (χ0n) is 18.7. The first-order valence-corrected chi connectivity index (χ1v) is 11.2. The zero-order chi connectivity index (χ0) is 22.1. The number of unbranched alkanes of at least 4 members (excludes halogenated alkanes) is 3. The molecule has 3 rings (SSSR count). The SMILES string of the molecule is C=C(O)CCCCCCN(c1cnc(-c2ccccc2)c(-c2ccccc2)n1)C(C)C. The van der Waals surface area contributed by atoms with E-state index in [1.54, 1.807) is 0 Å². The molecule has 0 bridgehead atoms. The second kappa shape index (κ2) is 11.3. The van der Waals surface area contributed by atoms with E-state index in [2.05, 4.69) is 49.6 Å². The first kappa shape index (κ1) is 22.5. The molecule has 4 nitrogen and oxygen atoms in total. The second-order valence-corrected chi connectivity index (χ2v) is 8.18. The molecule has 0 radical (unpaired) electrons. The number of allylic oxidation sites excluding steroid dienone is 1.